The van der Waals surface area contributed by atoms with E-state index in [1.807, 2.05) is 37.4 Å². The summed E-state index contributed by atoms with van der Waals surface area (Å²) in [5.74, 6) is 2.03. The van der Waals surface area contributed by atoms with Crippen LogP contribution in [0.4, 0.5) is 0 Å². The number of rotatable bonds is 8. The minimum atomic E-state index is 0.450. The number of benzene rings is 2. The molecule has 0 fully saturated rings. The molecule has 0 heterocycles. The number of methoxy groups -OCH3 is 1. The molecule has 21 heavy (non-hydrogen) atoms. The molecule has 2 aromatic rings. The van der Waals surface area contributed by atoms with E-state index < -0.39 is 0 Å². The van der Waals surface area contributed by atoms with Gasteiger partial charge in [-0.3, -0.25) is 0 Å². The second-order valence-electron chi connectivity index (χ2n) is 4.95. The molecule has 2 rings (SSSR count). The quantitative estimate of drug-likeness (QED) is 0.805. The Bertz CT molecular complexity index is 528. The molecular weight excluding hydrogens is 262 g/mol. The van der Waals surface area contributed by atoms with Gasteiger partial charge < -0.3 is 14.8 Å². The van der Waals surface area contributed by atoms with Crippen LogP contribution in [0.1, 0.15) is 17.9 Å². The Kier molecular flexibility index (Phi) is 6.10. The highest BCUT2D eigenvalue weighted by Gasteiger charge is 2.11. The molecule has 3 heteroatoms. The number of hydrogen-bond donors (Lipinski definition) is 1. The third kappa shape index (κ3) is 4.50. The zero-order valence-electron chi connectivity index (χ0n) is 12.7. The summed E-state index contributed by atoms with van der Waals surface area (Å²) in [5, 5.41) is 3.26. The lowest BCUT2D eigenvalue weighted by Gasteiger charge is -2.18. The van der Waals surface area contributed by atoms with Gasteiger partial charge >= 0.3 is 0 Å². The highest BCUT2D eigenvalue weighted by atomic mass is 16.5. The lowest BCUT2D eigenvalue weighted by Crippen LogP contribution is -2.19. The maximum Gasteiger partial charge on any atom is 0.161 e. The van der Waals surface area contributed by atoms with Crippen LogP contribution in [-0.2, 0) is 0 Å². The van der Waals surface area contributed by atoms with Crippen LogP contribution in [0.5, 0.6) is 11.5 Å². The van der Waals surface area contributed by atoms with E-state index in [0.717, 1.165) is 24.5 Å². The normalized spacial score (nSPS) is 11.9. The molecule has 0 bridgehead atoms. The van der Waals surface area contributed by atoms with Gasteiger partial charge in [-0.15, -0.1) is 0 Å². The van der Waals surface area contributed by atoms with Gasteiger partial charge in [0.05, 0.1) is 13.7 Å². The number of hydrogen-bond acceptors (Lipinski definition) is 3. The van der Waals surface area contributed by atoms with Crippen molar-refractivity contribution in [3.8, 4) is 11.5 Å². The first-order chi connectivity index (χ1) is 10.3. The minimum Gasteiger partial charge on any atom is -0.493 e. The average Bonchev–Trinajstić information content (AvgIpc) is 2.55. The summed E-state index contributed by atoms with van der Waals surface area (Å²) < 4.78 is 11.2. The Morgan fingerprint density at radius 2 is 1.62 bits per heavy atom. The van der Waals surface area contributed by atoms with Crippen LogP contribution >= 0.6 is 0 Å². The van der Waals surface area contributed by atoms with Crippen molar-refractivity contribution in [1.82, 2.24) is 5.32 Å². The van der Waals surface area contributed by atoms with Crippen LogP contribution in [0.15, 0.2) is 54.6 Å². The Morgan fingerprint density at radius 3 is 2.29 bits per heavy atom. The summed E-state index contributed by atoms with van der Waals surface area (Å²) in [7, 11) is 3.65. The van der Waals surface area contributed by atoms with Gasteiger partial charge in [-0.25, -0.2) is 0 Å². The number of ether oxygens (including phenoxy) is 2. The first-order valence-corrected chi connectivity index (χ1v) is 7.30. The molecule has 0 radical (unpaired) electrons. The summed E-state index contributed by atoms with van der Waals surface area (Å²) in [6.07, 6.45) is 0.961. The smallest absolute Gasteiger partial charge is 0.161 e. The summed E-state index contributed by atoms with van der Waals surface area (Å²) in [6, 6.07) is 18.3. The number of para-hydroxylation sites is 2. The molecule has 2 aromatic carbocycles. The van der Waals surface area contributed by atoms with Crippen molar-refractivity contribution in [3.05, 3.63) is 60.2 Å². The molecule has 0 saturated carbocycles. The predicted molar refractivity (Wildman–Crippen MR) is 86.2 cm³/mol. The number of likely N-dealkylation sites (N-methyl/N-ethyl adjacent to an activating group) is 1. The molecule has 1 N–H and O–H groups in total. The zero-order chi connectivity index (χ0) is 14.9. The second kappa shape index (κ2) is 8.32. The van der Waals surface area contributed by atoms with Crippen LogP contribution in [0.2, 0.25) is 0 Å². The molecule has 1 atom stereocenters. The summed E-state index contributed by atoms with van der Waals surface area (Å²) in [6.45, 7) is 1.61. The van der Waals surface area contributed by atoms with Crippen molar-refractivity contribution in [3.63, 3.8) is 0 Å². The van der Waals surface area contributed by atoms with Crippen LogP contribution in [0.3, 0.4) is 0 Å². The van der Waals surface area contributed by atoms with E-state index in [0.29, 0.717) is 12.5 Å². The molecule has 3 nitrogen and oxygen atoms in total. The molecule has 0 aliphatic carbocycles. The topological polar surface area (TPSA) is 30.5 Å². The lowest BCUT2D eigenvalue weighted by molar-refractivity contribution is 0.278. The molecule has 0 spiro atoms. The van der Waals surface area contributed by atoms with Crippen LogP contribution in [0.25, 0.3) is 0 Å². The average molecular weight is 285 g/mol. The van der Waals surface area contributed by atoms with E-state index in [1.165, 1.54) is 5.56 Å². The van der Waals surface area contributed by atoms with Gasteiger partial charge in [0.1, 0.15) is 0 Å². The van der Waals surface area contributed by atoms with E-state index in [9.17, 15) is 0 Å². The van der Waals surface area contributed by atoms with E-state index in [-0.39, 0.29) is 0 Å². The van der Waals surface area contributed by atoms with Gasteiger partial charge in [0.2, 0.25) is 0 Å². The molecule has 0 amide bonds. The van der Waals surface area contributed by atoms with Gasteiger partial charge in [-0.05, 0) is 37.1 Å². The fourth-order valence-electron chi connectivity index (χ4n) is 2.41. The zero-order valence-corrected chi connectivity index (χ0v) is 12.7. The second-order valence-corrected chi connectivity index (χ2v) is 4.95. The van der Waals surface area contributed by atoms with Crippen LogP contribution in [0, 0.1) is 0 Å². The van der Waals surface area contributed by atoms with Gasteiger partial charge in [-0.2, -0.15) is 0 Å². The fourth-order valence-corrected chi connectivity index (χ4v) is 2.41. The molecular formula is C18H23NO2. The lowest BCUT2D eigenvalue weighted by atomic mass is 9.96. The van der Waals surface area contributed by atoms with Crippen molar-refractivity contribution in [2.45, 2.75) is 12.3 Å². The van der Waals surface area contributed by atoms with Gasteiger partial charge in [0, 0.05) is 6.54 Å². The summed E-state index contributed by atoms with van der Waals surface area (Å²) >= 11 is 0. The molecule has 1 unspecified atom stereocenters. The number of nitrogens with one attached hydrogen (secondary N) is 1. The van der Waals surface area contributed by atoms with Gasteiger partial charge in [0.15, 0.2) is 11.5 Å². The SMILES string of the molecule is CNCC(CCOc1ccccc1OC)c1ccccc1. The third-order valence-electron chi connectivity index (χ3n) is 3.51. The van der Waals surface area contributed by atoms with Crippen molar-refractivity contribution in [1.29, 1.82) is 0 Å². The van der Waals surface area contributed by atoms with Gasteiger partial charge in [-0.1, -0.05) is 42.5 Å². The fraction of sp³-hybridized carbons (Fsp3) is 0.333. The molecule has 0 aromatic heterocycles. The van der Waals surface area contributed by atoms with Crippen LogP contribution < -0.4 is 14.8 Å². The third-order valence-corrected chi connectivity index (χ3v) is 3.51. The predicted octanol–water partition coefficient (Wildman–Crippen LogP) is 3.47. The van der Waals surface area contributed by atoms with Crippen molar-refractivity contribution in [2.24, 2.45) is 0 Å². The monoisotopic (exact) mass is 285 g/mol. The van der Waals surface area contributed by atoms with E-state index in [2.05, 4.69) is 29.6 Å². The first kappa shape index (κ1) is 15.4. The van der Waals surface area contributed by atoms with Crippen molar-refractivity contribution >= 4 is 0 Å². The highest BCUT2D eigenvalue weighted by molar-refractivity contribution is 5.39. The van der Waals surface area contributed by atoms with Crippen LogP contribution in [-0.4, -0.2) is 27.3 Å². The van der Waals surface area contributed by atoms with Crippen molar-refractivity contribution < 1.29 is 9.47 Å². The molecule has 0 saturated heterocycles. The van der Waals surface area contributed by atoms with Crippen molar-refractivity contribution in [2.75, 3.05) is 27.3 Å². The maximum absolute atomic E-state index is 5.87. The van der Waals surface area contributed by atoms with E-state index >= 15 is 0 Å². The molecule has 0 aliphatic heterocycles. The summed E-state index contributed by atoms with van der Waals surface area (Å²) in [4.78, 5) is 0. The van der Waals surface area contributed by atoms with E-state index in [1.54, 1.807) is 7.11 Å². The Morgan fingerprint density at radius 1 is 0.952 bits per heavy atom. The first-order valence-electron chi connectivity index (χ1n) is 7.30. The van der Waals surface area contributed by atoms with Gasteiger partial charge in [0.25, 0.3) is 0 Å². The molecule has 0 aliphatic rings. The summed E-state index contributed by atoms with van der Waals surface area (Å²) in [5.41, 5.74) is 1.34. The standard InChI is InChI=1S/C18H23NO2/c1-19-14-16(15-8-4-3-5-9-15)12-13-21-18-11-7-6-10-17(18)20-2/h3-11,16,19H,12-14H2,1-2H3. The Balaban J connectivity index is 1.93. The molecule has 112 valence electrons. The maximum atomic E-state index is 5.87. The Hall–Kier alpha value is -2.00. The van der Waals surface area contributed by atoms with E-state index in [4.69, 9.17) is 9.47 Å². The largest absolute Gasteiger partial charge is 0.493 e. The minimum absolute atomic E-state index is 0.450. The Labute approximate surface area is 126 Å². The highest BCUT2D eigenvalue weighted by Crippen LogP contribution is 2.27.